The lowest BCUT2D eigenvalue weighted by Crippen LogP contribution is -2.25. The first-order chi connectivity index (χ1) is 10.8. The molecular weight excluding hydrogens is 288 g/mol. The molecule has 1 N–H and O–H groups in total. The molecule has 0 saturated carbocycles. The molecule has 0 aliphatic rings. The van der Waals surface area contributed by atoms with Crippen LogP contribution < -0.4 is 5.32 Å². The van der Waals surface area contributed by atoms with Crippen LogP contribution in [-0.2, 0) is 18.6 Å². The van der Waals surface area contributed by atoms with Crippen LogP contribution in [0.5, 0.6) is 0 Å². The summed E-state index contributed by atoms with van der Waals surface area (Å²) in [5.74, 6) is -0.0971. The summed E-state index contributed by atoms with van der Waals surface area (Å²) in [5.41, 5.74) is 2.82. The monoisotopic (exact) mass is 314 g/mol. The fourth-order valence-corrected chi connectivity index (χ4v) is 2.31. The Balaban J connectivity index is 2.04. The molecule has 0 aliphatic heterocycles. The molecule has 2 rings (SSSR count). The van der Waals surface area contributed by atoms with Crippen LogP contribution >= 0.6 is 0 Å². The molecule has 124 valence electrons. The summed E-state index contributed by atoms with van der Waals surface area (Å²) in [7, 11) is 4.08. The molecule has 1 aromatic carbocycles. The van der Waals surface area contributed by atoms with E-state index in [9.17, 15) is 4.79 Å². The maximum Gasteiger partial charge on any atom is 0.254 e. The summed E-state index contributed by atoms with van der Waals surface area (Å²) in [6.07, 6.45) is 3.41. The van der Waals surface area contributed by atoms with Crippen LogP contribution in [0.4, 0.5) is 0 Å². The van der Waals surface area contributed by atoms with Crippen molar-refractivity contribution in [2.75, 3.05) is 14.1 Å². The molecule has 5 heteroatoms. The zero-order valence-electron chi connectivity index (χ0n) is 14.6. The number of amides is 1. The minimum atomic E-state index is -0.128. The van der Waals surface area contributed by atoms with Crippen LogP contribution in [0.1, 0.15) is 42.3 Å². The predicted molar refractivity (Wildman–Crippen MR) is 92.2 cm³/mol. The number of nitrogens with zero attached hydrogens (tertiary/aromatic N) is 3. The topological polar surface area (TPSA) is 50.2 Å². The van der Waals surface area contributed by atoms with Gasteiger partial charge in [-0.3, -0.25) is 9.48 Å². The molecule has 0 atom stereocenters. The number of hydrogen-bond acceptors (Lipinski definition) is 3. The first kappa shape index (κ1) is 17.2. The van der Waals surface area contributed by atoms with E-state index in [1.165, 1.54) is 5.56 Å². The van der Waals surface area contributed by atoms with Crippen LogP contribution in [-0.4, -0.2) is 34.7 Å². The van der Waals surface area contributed by atoms with Gasteiger partial charge in [0.25, 0.3) is 5.91 Å². The van der Waals surface area contributed by atoms with Crippen molar-refractivity contribution in [1.29, 1.82) is 0 Å². The van der Waals surface area contributed by atoms with Gasteiger partial charge >= 0.3 is 0 Å². The van der Waals surface area contributed by atoms with E-state index in [0.717, 1.165) is 12.1 Å². The van der Waals surface area contributed by atoms with E-state index in [4.69, 9.17) is 0 Å². The van der Waals surface area contributed by atoms with Crippen LogP contribution in [0, 0.1) is 0 Å². The van der Waals surface area contributed by atoms with E-state index >= 15 is 0 Å². The highest BCUT2D eigenvalue weighted by molar-refractivity contribution is 5.93. The molecule has 0 fully saturated rings. The molecule has 23 heavy (non-hydrogen) atoms. The Morgan fingerprint density at radius 1 is 1.22 bits per heavy atom. The quantitative estimate of drug-likeness (QED) is 0.923. The number of carbonyl (C=O) groups is 1. The molecule has 1 aromatic heterocycles. The second-order valence-electron chi connectivity index (χ2n) is 7.03. The third-order valence-corrected chi connectivity index (χ3v) is 3.58. The van der Waals surface area contributed by atoms with E-state index < -0.39 is 0 Å². The van der Waals surface area contributed by atoms with Crippen molar-refractivity contribution in [3.63, 3.8) is 0 Å². The molecule has 0 radical (unpaired) electrons. The Bertz CT molecular complexity index is 668. The number of carbonyl (C=O) groups excluding carboxylic acids is 1. The van der Waals surface area contributed by atoms with Gasteiger partial charge in [0.05, 0.1) is 17.3 Å². The second-order valence-corrected chi connectivity index (χ2v) is 7.03. The highest BCUT2D eigenvalue weighted by Gasteiger charge is 2.16. The Morgan fingerprint density at radius 3 is 2.43 bits per heavy atom. The summed E-state index contributed by atoms with van der Waals surface area (Å²) in [6, 6.07) is 8.17. The summed E-state index contributed by atoms with van der Waals surface area (Å²) in [5, 5.41) is 7.25. The standard InChI is InChI=1S/C18H26N4O/c1-18(2,3)22-13-16(11-20-22)17(23)19-10-14-8-6-7-9-15(14)12-21(4)5/h6-9,11,13H,10,12H2,1-5H3,(H,19,23). The van der Waals surface area contributed by atoms with Gasteiger partial charge in [0.1, 0.15) is 0 Å². The number of nitrogens with one attached hydrogen (secondary N) is 1. The third kappa shape index (κ3) is 4.66. The second kappa shape index (κ2) is 6.96. The van der Waals surface area contributed by atoms with Gasteiger partial charge in [0, 0.05) is 19.3 Å². The third-order valence-electron chi connectivity index (χ3n) is 3.58. The van der Waals surface area contributed by atoms with E-state index in [1.54, 1.807) is 12.4 Å². The van der Waals surface area contributed by atoms with Crippen molar-refractivity contribution < 1.29 is 4.79 Å². The maximum absolute atomic E-state index is 12.3. The van der Waals surface area contributed by atoms with E-state index in [-0.39, 0.29) is 11.4 Å². The Labute approximate surface area is 138 Å². The fraction of sp³-hybridized carbons (Fsp3) is 0.444. The summed E-state index contributed by atoms with van der Waals surface area (Å²) in [4.78, 5) is 14.4. The van der Waals surface area contributed by atoms with Crippen molar-refractivity contribution in [1.82, 2.24) is 20.0 Å². The maximum atomic E-state index is 12.3. The molecule has 0 saturated heterocycles. The van der Waals surface area contributed by atoms with Crippen molar-refractivity contribution >= 4 is 5.91 Å². The van der Waals surface area contributed by atoms with Gasteiger partial charge in [-0.15, -0.1) is 0 Å². The van der Waals surface area contributed by atoms with Crippen molar-refractivity contribution in [3.05, 3.63) is 53.3 Å². The predicted octanol–water partition coefficient (Wildman–Crippen LogP) is 2.63. The van der Waals surface area contributed by atoms with Crippen LogP contribution in [0.25, 0.3) is 0 Å². The normalized spacial score (nSPS) is 11.7. The summed E-state index contributed by atoms with van der Waals surface area (Å²) >= 11 is 0. The molecule has 0 aliphatic carbocycles. The van der Waals surface area contributed by atoms with Gasteiger partial charge in [-0.25, -0.2) is 0 Å². The molecule has 0 bridgehead atoms. The summed E-state index contributed by atoms with van der Waals surface area (Å²) in [6.45, 7) is 7.54. The highest BCUT2D eigenvalue weighted by Crippen LogP contribution is 2.14. The Hall–Kier alpha value is -2.14. The van der Waals surface area contributed by atoms with E-state index in [1.807, 2.05) is 30.9 Å². The highest BCUT2D eigenvalue weighted by atomic mass is 16.1. The largest absolute Gasteiger partial charge is 0.348 e. The number of hydrogen-bond donors (Lipinski definition) is 1. The molecule has 1 amide bonds. The Morgan fingerprint density at radius 2 is 1.87 bits per heavy atom. The first-order valence-corrected chi connectivity index (χ1v) is 7.82. The lowest BCUT2D eigenvalue weighted by molar-refractivity contribution is 0.0950. The zero-order chi connectivity index (χ0) is 17.0. The van der Waals surface area contributed by atoms with Gasteiger partial charge in [-0.2, -0.15) is 5.10 Å². The fourth-order valence-electron chi connectivity index (χ4n) is 2.31. The van der Waals surface area contributed by atoms with Crippen molar-refractivity contribution in [2.45, 2.75) is 39.4 Å². The number of rotatable bonds is 5. The van der Waals surface area contributed by atoms with Gasteiger partial charge in [0.2, 0.25) is 0 Å². The van der Waals surface area contributed by atoms with E-state index in [0.29, 0.717) is 12.1 Å². The molecule has 0 spiro atoms. The van der Waals surface area contributed by atoms with Crippen molar-refractivity contribution in [3.8, 4) is 0 Å². The van der Waals surface area contributed by atoms with Gasteiger partial charge < -0.3 is 10.2 Å². The first-order valence-electron chi connectivity index (χ1n) is 7.82. The molecule has 2 aromatic rings. The SMILES string of the molecule is CN(C)Cc1ccccc1CNC(=O)c1cnn(C(C)(C)C)c1. The van der Waals surface area contributed by atoms with Gasteiger partial charge in [-0.1, -0.05) is 24.3 Å². The van der Waals surface area contributed by atoms with Crippen LogP contribution in [0.3, 0.4) is 0 Å². The van der Waals surface area contributed by atoms with Gasteiger partial charge in [-0.05, 0) is 46.0 Å². The zero-order valence-corrected chi connectivity index (χ0v) is 14.6. The molecule has 0 unspecified atom stereocenters. The average Bonchev–Trinajstić information content (AvgIpc) is 2.95. The van der Waals surface area contributed by atoms with Crippen molar-refractivity contribution in [2.24, 2.45) is 0 Å². The number of benzene rings is 1. The minimum Gasteiger partial charge on any atom is -0.348 e. The minimum absolute atomic E-state index is 0.0971. The lowest BCUT2D eigenvalue weighted by atomic mass is 10.1. The number of aromatic nitrogens is 2. The molecule has 1 heterocycles. The van der Waals surface area contributed by atoms with Crippen LogP contribution in [0.2, 0.25) is 0 Å². The smallest absolute Gasteiger partial charge is 0.254 e. The Kier molecular flexibility index (Phi) is 5.21. The van der Waals surface area contributed by atoms with Crippen LogP contribution in [0.15, 0.2) is 36.7 Å². The van der Waals surface area contributed by atoms with Gasteiger partial charge in [0.15, 0.2) is 0 Å². The summed E-state index contributed by atoms with van der Waals surface area (Å²) < 4.78 is 1.81. The lowest BCUT2D eigenvalue weighted by Gasteiger charge is -2.18. The van der Waals surface area contributed by atoms with E-state index in [2.05, 4.69) is 48.2 Å². The molecule has 5 nitrogen and oxygen atoms in total. The average molecular weight is 314 g/mol. The molecular formula is C18H26N4O.